The molecule has 1 amide bonds. The van der Waals surface area contributed by atoms with Crippen LogP contribution in [0.2, 0.25) is 0 Å². The first kappa shape index (κ1) is 16.4. The summed E-state index contributed by atoms with van der Waals surface area (Å²) in [5, 5.41) is 2.63. The van der Waals surface area contributed by atoms with Crippen LogP contribution in [0.3, 0.4) is 0 Å². The Hall–Kier alpha value is -2.43. The fourth-order valence-corrected chi connectivity index (χ4v) is 3.47. The number of anilines is 1. The number of fused-ring (bicyclic) bond motifs is 1. The topological polar surface area (TPSA) is 111 Å². The molecule has 0 bridgehead atoms. The van der Waals surface area contributed by atoms with E-state index < -0.39 is 15.9 Å². The molecule has 8 nitrogen and oxygen atoms in total. The van der Waals surface area contributed by atoms with Gasteiger partial charge in [-0.1, -0.05) is 11.3 Å². The van der Waals surface area contributed by atoms with E-state index in [4.69, 9.17) is 9.15 Å². The molecular weight excluding hydrogens is 354 g/mol. The Labute approximate surface area is 141 Å². The molecule has 0 saturated carbocycles. The van der Waals surface area contributed by atoms with Crippen LogP contribution in [-0.4, -0.2) is 33.5 Å². The highest BCUT2D eigenvalue weighted by atomic mass is 32.2. The lowest BCUT2D eigenvalue weighted by atomic mass is 10.3. The van der Waals surface area contributed by atoms with Crippen LogP contribution < -0.4 is 14.8 Å². The summed E-state index contributed by atoms with van der Waals surface area (Å²) >= 11 is 1.27. The molecule has 2 N–H and O–H groups in total. The van der Waals surface area contributed by atoms with Crippen molar-refractivity contribution in [2.45, 2.75) is 5.09 Å². The van der Waals surface area contributed by atoms with Crippen molar-refractivity contribution in [2.24, 2.45) is 0 Å². The van der Waals surface area contributed by atoms with Crippen LogP contribution in [0.15, 0.2) is 39.8 Å². The fraction of sp³-hybridized carbons (Fsp3) is 0.143. The highest BCUT2D eigenvalue weighted by Gasteiger charge is 2.20. The maximum absolute atomic E-state index is 12.2. The van der Waals surface area contributed by atoms with Crippen molar-refractivity contribution in [3.63, 3.8) is 0 Å². The molecule has 24 heavy (non-hydrogen) atoms. The number of hydrogen-bond donors (Lipinski definition) is 2. The zero-order valence-electron chi connectivity index (χ0n) is 12.7. The molecule has 126 valence electrons. The predicted octanol–water partition coefficient (Wildman–Crippen LogP) is 2.06. The van der Waals surface area contributed by atoms with Gasteiger partial charge in [-0.05, 0) is 37.4 Å². The number of hydrogen-bond acceptors (Lipinski definition) is 7. The van der Waals surface area contributed by atoms with E-state index in [0.717, 1.165) is 4.70 Å². The lowest BCUT2D eigenvalue weighted by Gasteiger charge is -1.98. The smallest absolute Gasteiger partial charge is 0.293 e. The van der Waals surface area contributed by atoms with Crippen molar-refractivity contribution in [1.29, 1.82) is 0 Å². The quantitative estimate of drug-likeness (QED) is 0.714. The lowest BCUT2D eigenvalue weighted by Crippen LogP contribution is -2.18. The third-order valence-corrected chi connectivity index (χ3v) is 5.37. The lowest BCUT2D eigenvalue weighted by molar-refractivity contribution is 0.0991. The summed E-state index contributed by atoms with van der Waals surface area (Å²) in [5.74, 6) is -0.0174. The number of thiazole rings is 1. The van der Waals surface area contributed by atoms with E-state index in [2.05, 4.69) is 15.0 Å². The molecule has 3 rings (SSSR count). The molecule has 2 aromatic heterocycles. The fourth-order valence-electron chi connectivity index (χ4n) is 1.93. The van der Waals surface area contributed by atoms with Crippen molar-refractivity contribution in [2.75, 3.05) is 19.5 Å². The summed E-state index contributed by atoms with van der Waals surface area (Å²) in [5.41, 5.74) is 0.717. The zero-order valence-corrected chi connectivity index (χ0v) is 14.3. The predicted molar refractivity (Wildman–Crippen MR) is 89.1 cm³/mol. The number of benzene rings is 1. The first-order valence-corrected chi connectivity index (χ1v) is 9.02. The van der Waals surface area contributed by atoms with Gasteiger partial charge in [0.05, 0.1) is 17.3 Å². The van der Waals surface area contributed by atoms with Crippen LogP contribution in [0.4, 0.5) is 5.13 Å². The second-order valence-corrected chi connectivity index (χ2v) is 7.48. The molecular formula is C14H13N3O5S2. The van der Waals surface area contributed by atoms with Gasteiger partial charge in [-0.15, -0.1) is 0 Å². The van der Waals surface area contributed by atoms with Crippen molar-refractivity contribution in [1.82, 2.24) is 9.71 Å². The summed E-state index contributed by atoms with van der Waals surface area (Å²) < 4.78 is 36.4. The Balaban J connectivity index is 1.82. The molecule has 0 fully saturated rings. The minimum Gasteiger partial charge on any atom is -0.497 e. The molecule has 0 saturated heterocycles. The number of carbonyl (C=O) groups excluding carboxylic acids is 1. The van der Waals surface area contributed by atoms with E-state index >= 15 is 0 Å². The van der Waals surface area contributed by atoms with Gasteiger partial charge in [-0.2, -0.15) is 0 Å². The third kappa shape index (κ3) is 3.11. The Morgan fingerprint density at radius 2 is 2.08 bits per heavy atom. The van der Waals surface area contributed by atoms with Crippen LogP contribution in [0.25, 0.3) is 10.2 Å². The number of furan rings is 1. The minimum absolute atomic E-state index is 0.124. The van der Waals surface area contributed by atoms with Gasteiger partial charge >= 0.3 is 0 Å². The summed E-state index contributed by atoms with van der Waals surface area (Å²) in [7, 11) is -0.911. The van der Waals surface area contributed by atoms with Crippen molar-refractivity contribution < 1.29 is 22.4 Å². The third-order valence-electron chi connectivity index (χ3n) is 3.15. The van der Waals surface area contributed by atoms with Gasteiger partial charge < -0.3 is 9.15 Å². The highest BCUT2D eigenvalue weighted by Crippen LogP contribution is 2.29. The first-order valence-electron chi connectivity index (χ1n) is 6.72. The van der Waals surface area contributed by atoms with Crippen molar-refractivity contribution in [3.8, 4) is 5.75 Å². The first-order chi connectivity index (χ1) is 11.4. The van der Waals surface area contributed by atoms with Crippen LogP contribution >= 0.6 is 11.3 Å². The molecule has 0 aliphatic carbocycles. The largest absolute Gasteiger partial charge is 0.497 e. The number of aromatic nitrogens is 1. The molecule has 1 aromatic carbocycles. The zero-order chi connectivity index (χ0) is 17.3. The number of sulfonamides is 1. The normalized spacial score (nSPS) is 11.6. The molecule has 2 heterocycles. The molecule has 0 radical (unpaired) electrons. The van der Waals surface area contributed by atoms with Crippen LogP contribution in [0, 0.1) is 0 Å². The average Bonchev–Trinajstić information content (AvgIpc) is 3.20. The summed E-state index contributed by atoms with van der Waals surface area (Å²) in [6.45, 7) is 0. The number of nitrogens with one attached hydrogen (secondary N) is 2. The molecule has 0 aliphatic rings. The Morgan fingerprint density at radius 3 is 2.79 bits per heavy atom. The molecule has 0 unspecified atom stereocenters. The van der Waals surface area contributed by atoms with Gasteiger partial charge in [0.15, 0.2) is 10.9 Å². The Bertz CT molecular complexity index is 1010. The standard InChI is InChI=1S/C14H13N3O5S2/c1-15-24(19,20)12-6-5-10(22-12)13(18)17-14-16-9-4-3-8(21-2)7-11(9)23-14/h3-7,15H,1-2H3,(H,16,17,18). The average molecular weight is 367 g/mol. The number of nitrogens with zero attached hydrogens (tertiary/aromatic N) is 1. The van der Waals surface area contributed by atoms with Gasteiger partial charge in [-0.3, -0.25) is 10.1 Å². The maximum Gasteiger partial charge on any atom is 0.293 e. The minimum atomic E-state index is -3.74. The van der Waals surface area contributed by atoms with Gasteiger partial charge in [0.25, 0.3) is 15.9 Å². The van der Waals surface area contributed by atoms with Crippen LogP contribution in [0.1, 0.15) is 10.6 Å². The summed E-state index contributed by atoms with van der Waals surface area (Å²) in [6, 6.07) is 7.87. The summed E-state index contributed by atoms with van der Waals surface area (Å²) in [4.78, 5) is 16.4. The van der Waals surface area contributed by atoms with E-state index in [1.165, 1.54) is 30.5 Å². The van der Waals surface area contributed by atoms with Crippen LogP contribution in [0.5, 0.6) is 5.75 Å². The number of carbonyl (C=O) groups is 1. The number of rotatable bonds is 5. The van der Waals surface area contributed by atoms with Crippen molar-refractivity contribution in [3.05, 3.63) is 36.1 Å². The second-order valence-electron chi connectivity index (χ2n) is 4.63. The maximum atomic E-state index is 12.2. The molecule has 10 heteroatoms. The van der Waals surface area contributed by atoms with E-state index in [0.29, 0.717) is 16.4 Å². The molecule has 0 aliphatic heterocycles. The molecule has 0 atom stereocenters. The van der Waals surface area contributed by atoms with Crippen molar-refractivity contribution >= 4 is 42.6 Å². The van der Waals surface area contributed by atoms with E-state index in [1.807, 2.05) is 6.07 Å². The van der Waals surface area contributed by atoms with E-state index in [9.17, 15) is 13.2 Å². The van der Waals surface area contributed by atoms with E-state index in [1.54, 1.807) is 19.2 Å². The Morgan fingerprint density at radius 1 is 1.29 bits per heavy atom. The number of ether oxygens (including phenoxy) is 1. The van der Waals surface area contributed by atoms with E-state index in [-0.39, 0.29) is 10.9 Å². The highest BCUT2D eigenvalue weighted by molar-refractivity contribution is 7.89. The van der Waals surface area contributed by atoms with Gasteiger partial charge in [0.2, 0.25) is 5.09 Å². The van der Waals surface area contributed by atoms with Gasteiger partial charge in [-0.25, -0.2) is 18.1 Å². The van der Waals surface area contributed by atoms with Gasteiger partial charge in [0.1, 0.15) is 5.75 Å². The number of amides is 1. The molecule has 3 aromatic rings. The molecule has 0 spiro atoms. The number of methoxy groups -OCH3 is 1. The summed E-state index contributed by atoms with van der Waals surface area (Å²) in [6.07, 6.45) is 0. The monoisotopic (exact) mass is 367 g/mol. The Kier molecular flexibility index (Phi) is 4.26. The second kappa shape index (κ2) is 6.23. The SMILES string of the molecule is CNS(=O)(=O)c1ccc(C(=O)Nc2nc3ccc(OC)cc3s2)o1. The van der Waals surface area contributed by atoms with Crippen LogP contribution in [-0.2, 0) is 10.0 Å². The van der Waals surface area contributed by atoms with Gasteiger partial charge in [0, 0.05) is 0 Å².